The minimum absolute atomic E-state index is 0.0303. The predicted molar refractivity (Wildman–Crippen MR) is 71.3 cm³/mol. The van der Waals surface area contributed by atoms with Crippen LogP contribution in [0.5, 0.6) is 0 Å². The molecule has 1 fully saturated rings. The van der Waals surface area contributed by atoms with Crippen LogP contribution >= 0.6 is 0 Å². The summed E-state index contributed by atoms with van der Waals surface area (Å²) >= 11 is 0. The molecule has 3 N–H and O–H groups in total. The molecule has 106 valence electrons. The number of benzene rings is 1. The topological polar surface area (TPSA) is 104 Å². The van der Waals surface area contributed by atoms with E-state index in [4.69, 9.17) is 10.8 Å². The fraction of sp³-hybridized carbons (Fsp3) is 0.308. The van der Waals surface area contributed by atoms with Crippen molar-refractivity contribution in [1.29, 1.82) is 0 Å². The van der Waals surface area contributed by atoms with Crippen molar-refractivity contribution < 1.29 is 19.5 Å². The SMILES string of the molecule is NCCN1CC(=O)N(c2ccccc2CC(=O)O)C1=O. The van der Waals surface area contributed by atoms with Crippen LogP contribution in [-0.2, 0) is 16.0 Å². The van der Waals surface area contributed by atoms with Gasteiger partial charge in [0.15, 0.2) is 0 Å². The second-order valence-corrected chi connectivity index (χ2v) is 4.42. The summed E-state index contributed by atoms with van der Waals surface area (Å²) in [6.07, 6.45) is -0.246. The van der Waals surface area contributed by atoms with E-state index in [1.165, 1.54) is 4.90 Å². The van der Waals surface area contributed by atoms with Gasteiger partial charge in [0.1, 0.15) is 6.54 Å². The number of hydrogen-bond donors (Lipinski definition) is 2. The van der Waals surface area contributed by atoms with Crippen molar-refractivity contribution in [3.63, 3.8) is 0 Å². The number of carbonyl (C=O) groups is 3. The smallest absolute Gasteiger partial charge is 0.331 e. The Morgan fingerprint density at radius 2 is 2.00 bits per heavy atom. The van der Waals surface area contributed by atoms with E-state index in [2.05, 4.69) is 0 Å². The number of imide groups is 1. The highest BCUT2D eigenvalue weighted by atomic mass is 16.4. The van der Waals surface area contributed by atoms with E-state index in [1.54, 1.807) is 24.3 Å². The lowest BCUT2D eigenvalue weighted by molar-refractivity contribution is -0.136. The van der Waals surface area contributed by atoms with Crippen LogP contribution in [0.25, 0.3) is 0 Å². The monoisotopic (exact) mass is 277 g/mol. The summed E-state index contributed by atoms with van der Waals surface area (Å²) < 4.78 is 0. The number of carbonyl (C=O) groups excluding carboxylic acids is 2. The Hall–Kier alpha value is -2.41. The van der Waals surface area contributed by atoms with Gasteiger partial charge in [-0.15, -0.1) is 0 Å². The molecular formula is C13H15N3O4. The maximum atomic E-state index is 12.2. The predicted octanol–water partition coefficient (Wildman–Crippen LogP) is 0.0410. The zero-order valence-electron chi connectivity index (χ0n) is 10.8. The standard InChI is InChI=1S/C13H15N3O4/c14-5-6-15-8-11(17)16(13(15)20)10-4-2-1-3-9(10)7-12(18)19/h1-4H,5-8,14H2,(H,18,19). The molecule has 0 atom stereocenters. The fourth-order valence-corrected chi connectivity index (χ4v) is 2.16. The summed E-state index contributed by atoms with van der Waals surface area (Å²) in [6.45, 7) is 0.531. The molecule has 0 spiro atoms. The number of rotatable bonds is 5. The third-order valence-corrected chi connectivity index (χ3v) is 3.01. The lowest BCUT2D eigenvalue weighted by Crippen LogP contribution is -2.36. The van der Waals surface area contributed by atoms with Crippen LogP contribution in [-0.4, -0.2) is 47.5 Å². The molecule has 7 nitrogen and oxygen atoms in total. The normalized spacial score (nSPS) is 15.1. The van der Waals surface area contributed by atoms with Crippen LogP contribution in [0.1, 0.15) is 5.56 Å². The molecule has 3 amide bonds. The first-order chi connectivity index (χ1) is 9.54. The highest BCUT2D eigenvalue weighted by Crippen LogP contribution is 2.25. The summed E-state index contributed by atoms with van der Waals surface area (Å²) in [5, 5.41) is 8.89. The number of aliphatic carboxylic acids is 1. The van der Waals surface area contributed by atoms with Crippen LogP contribution in [0.4, 0.5) is 10.5 Å². The van der Waals surface area contributed by atoms with Gasteiger partial charge >= 0.3 is 12.0 Å². The van der Waals surface area contributed by atoms with E-state index in [1.807, 2.05) is 0 Å². The Morgan fingerprint density at radius 3 is 2.65 bits per heavy atom. The average Bonchev–Trinajstić information content (AvgIpc) is 2.66. The highest BCUT2D eigenvalue weighted by Gasteiger charge is 2.37. The Kier molecular flexibility index (Phi) is 3.99. The number of para-hydroxylation sites is 1. The lowest BCUT2D eigenvalue weighted by Gasteiger charge is -2.18. The maximum Gasteiger partial charge on any atom is 0.331 e. The minimum Gasteiger partial charge on any atom is -0.481 e. The minimum atomic E-state index is -1.02. The van der Waals surface area contributed by atoms with Gasteiger partial charge in [0, 0.05) is 13.1 Å². The zero-order valence-corrected chi connectivity index (χ0v) is 10.8. The van der Waals surface area contributed by atoms with Crippen LogP contribution in [0, 0.1) is 0 Å². The first-order valence-corrected chi connectivity index (χ1v) is 6.16. The molecule has 1 aliphatic rings. The van der Waals surface area contributed by atoms with Crippen LogP contribution in [0.15, 0.2) is 24.3 Å². The Morgan fingerprint density at radius 1 is 1.30 bits per heavy atom. The van der Waals surface area contributed by atoms with Crippen molar-refractivity contribution in [2.75, 3.05) is 24.5 Å². The maximum absolute atomic E-state index is 12.2. The molecule has 1 aromatic carbocycles. The van der Waals surface area contributed by atoms with Gasteiger partial charge in [-0.3, -0.25) is 9.59 Å². The first kappa shape index (κ1) is 14.0. The molecule has 1 heterocycles. The molecule has 7 heteroatoms. The van der Waals surface area contributed by atoms with Crippen molar-refractivity contribution in [2.24, 2.45) is 5.73 Å². The summed E-state index contributed by atoms with van der Waals surface area (Å²) in [4.78, 5) is 37.4. The van der Waals surface area contributed by atoms with E-state index < -0.39 is 12.0 Å². The number of hydrogen-bond acceptors (Lipinski definition) is 4. The van der Waals surface area contributed by atoms with Gasteiger partial charge in [0.2, 0.25) is 0 Å². The molecule has 0 aromatic heterocycles. The van der Waals surface area contributed by atoms with Gasteiger partial charge in [-0.25, -0.2) is 9.69 Å². The van der Waals surface area contributed by atoms with Gasteiger partial charge in [0.05, 0.1) is 12.1 Å². The van der Waals surface area contributed by atoms with Crippen LogP contribution in [0.2, 0.25) is 0 Å². The molecule has 0 saturated carbocycles. The summed E-state index contributed by atoms with van der Waals surface area (Å²) in [5.41, 5.74) is 6.15. The molecule has 1 aliphatic heterocycles. The van der Waals surface area contributed by atoms with Crippen molar-refractivity contribution in [1.82, 2.24) is 4.90 Å². The first-order valence-electron chi connectivity index (χ1n) is 6.16. The van der Waals surface area contributed by atoms with E-state index >= 15 is 0 Å². The number of amides is 3. The number of nitrogens with two attached hydrogens (primary N) is 1. The Balaban J connectivity index is 2.34. The molecule has 0 aliphatic carbocycles. The zero-order chi connectivity index (χ0) is 14.7. The second kappa shape index (κ2) is 5.70. The molecule has 2 rings (SSSR count). The molecule has 0 radical (unpaired) electrons. The van der Waals surface area contributed by atoms with Gasteiger partial charge in [-0.2, -0.15) is 0 Å². The van der Waals surface area contributed by atoms with E-state index in [0.717, 1.165) is 4.90 Å². The van der Waals surface area contributed by atoms with E-state index in [9.17, 15) is 14.4 Å². The molecule has 1 aromatic rings. The molecule has 0 unspecified atom stereocenters. The molecular weight excluding hydrogens is 262 g/mol. The van der Waals surface area contributed by atoms with Crippen molar-refractivity contribution in [3.05, 3.63) is 29.8 Å². The lowest BCUT2D eigenvalue weighted by atomic mass is 10.1. The van der Waals surface area contributed by atoms with Crippen molar-refractivity contribution in [3.8, 4) is 0 Å². The number of carboxylic acids is 1. The number of nitrogens with zero attached hydrogens (tertiary/aromatic N) is 2. The van der Waals surface area contributed by atoms with E-state index in [0.29, 0.717) is 17.8 Å². The largest absolute Gasteiger partial charge is 0.481 e. The van der Waals surface area contributed by atoms with Gasteiger partial charge < -0.3 is 15.7 Å². The highest BCUT2D eigenvalue weighted by molar-refractivity contribution is 6.20. The molecule has 0 bridgehead atoms. The Labute approximate surface area is 115 Å². The molecule has 20 heavy (non-hydrogen) atoms. The third kappa shape index (κ3) is 2.62. The summed E-state index contributed by atoms with van der Waals surface area (Å²) in [5.74, 6) is -1.39. The third-order valence-electron chi connectivity index (χ3n) is 3.01. The van der Waals surface area contributed by atoms with Gasteiger partial charge in [-0.05, 0) is 11.6 Å². The van der Waals surface area contributed by atoms with Crippen LogP contribution in [0.3, 0.4) is 0 Å². The fourth-order valence-electron chi connectivity index (χ4n) is 2.16. The number of urea groups is 1. The van der Waals surface area contributed by atoms with Crippen LogP contribution < -0.4 is 10.6 Å². The average molecular weight is 277 g/mol. The van der Waals surface area contributed by atoms with E-state index in [-0.39, 0.29) is 25.4 Å². The summed E-state index contributed by atoms with van der Waals surface area (Å²) in [6, 6.07) is 6.03. The van der Waals surface area contributed by atoms with Crippen molar-refractivity contribution in [2.45, 2.75) is 6.42 Å². The number of anilines is 1. The van der Waals surface area contributed by atoms with Gasteiger partial charge in [-0.1, -0.05) is 18.2 Å². The quantitative estimate of drug-likeness (QED) is 0.739. The summed E-state index contributed by atoms with van der Waals surface area (Å²) in [7, 11) is 0. The van der Waals surface area contributed by atoms with Gasteiger partial charge in [0.25, 0.3) is 5.91 Å². The Bertz CT molecular complexity index is 558. The molecule has 1 saturated heterocycles. The number of carboxylic acid groups (broad SMARTS) is 1. The second-order valence-electron chi connectivity index (χ2n) is 4.42. The van der Waals surface area contributed by atoms with Crippen molar-refractivity contribution >= 4 is 23.6 Å².